The molecule has 2 aromatic carbocycles. The van der Waals surface area contributed by atoms with Crippen molar-refractivity contribution in [1.29, 1.82) is 0 Å². The Bertz CT molecular complexity index is 1070. The summed E-state index contributed by atoms with van der Waals surface area (Å²) in [6.07, 6.45) is 9.11. The summed E-state index contributed by atoms with van der Waals surface area (Å²) in [5.74, 6) is 0. The molecule has 4 rings (SSSR count). The zero-order valence-electron chi connectivity index (χ0n) is 17.8. The van der Waals surface area contributed by atoms with Gasteiger partial charge in [-0.15, -0.1) is 11.3 Å². The molecule has 0 amide bonds. The van der Waals surface area contributed by atoms with E-state index in [9.17, 15) is 0 Å². The fraction of sp³-hybridized carbons (Fsp3) is 0.269. The van der Waals surface area contributed by atoms with E-state index in [1.165, 1.54) is 25.8 Å². The van der Waals surface area contributed by atoms with E-state index >= 15 is 0 Å². The first-order chi connectivity index (χ1) is 14.5. The molecule has 0 unspecified atom stereocenters. The van der Waals surface area contributed by atoms with Crippen LogP contribution in [0, 0.1) is 5.41 Å². The molecule has 1 N–H and O–H groups in total. The van der Waals surface area contributed by atoms with Gasteiger partial charge in [0.1, 0.15) is 5.01 Å². The number of fused-ring (bicyclic) bond motifs is 1. The van der Waals surface area contributed by atoms with E-state index in [4.69, 9.17) is 4.98 Å². The maximum absolute atomic E-state index is 4.81. The second-order valence-electron chi connectivity index (χ2n) is 8.43. The maximum Gasteiger partial charge on any atom is 0.117 e. The Hall–Kier alpha value is -2.30. The average molecular weight is 433 g/mol. The quantitative estimate of drug-likeness (QED) is 0.405. The van der Waals surface area contributed by atoms with Gasteiger partial charge in [-0.3, -0.25) is 0 Å². The van der Waals surface area contributed by atoms with Crippen LogP contribution in [0.15, 0.2) is 87.8 Å². The molecule has 0 saturated heterocycles. The molecule has 154 valence electrons. The number of para-hydroxylation sites is 1. The molecular formula is C26H28N2S2. The Kier molecular flexibility index (Phi) is 6.45. The second-order valence-corrected chi connectivity index (χ2v) is 10.6. The normalized spacial score (nSPS) is 17.9. The van der Waals surface area contributed by atoms with Crippen LogP contribution in [0.3, 0.4) is 0 Å². The molecule has 4 heteroatoms. The van der Waals surface area contributed by atoms with E-state index < -0.39 is 0 Å². The van der Waals surface area contributed by atoms with Crippen LogP contribution in [-0.2, 0) is 0 Å². The van der Waals surface area contributed by atoms with Gasteiger partial charge >= 0.3 is 0 Å². The van der Waals surface area contributed by atoms with E-state index in [2.05, 4.69) is 98.9 Å². The molecule has 30 heavy (non-hydrogen) atoms. The molecule has 0 atom stereocenters. The third-order valence-electron chi connectivity index (χ3n) is 4.99. The first-order valence-corrected chi connectivity index (χ1v) is 12.1. The molecule has 0 bridgehead atoms. The molecule has 0 radical (unpaired) electrons. The molecule has 1 aliphatic carbocycles. The Morgan fingerprint density at radius 3 is 2.63 bits per heavy atom. The topological polar surface area (TPSA) is 24.9 Å². The highest BCUT2D eigenvalue weighted by Gasteiger charge is 2.25. The summed E-state index contributed by atoms with van der Waals surface area (Å²) in [6.45, 7) is 7.78. The lowest BCUT2D eigenvalue weighted by atomic mass is 9.75. The highest BCUT2D eigenvalue weighted by Crippen LogP contribution is 2.40. The summed E-state index contributed by atoms with van der Waals surface area (Å²) < 4.78 is 1.25. The molecule has 3 aromatic rings. The summed E-state index contributed by atoms with van der Waals surface area (Å²) in [7, 11) is 0. The highest BCUT2D eigenvalue weighted by atomic mass is 32.2. The van der Waals surface area contributed by atoms with Crippen molar-refractivity contribution < 1.29 is 0 Å². The predicted octanol–water partition coefficient (Wildman–Crippen LogP) is 7.67. The van der Waals surface area contributed by atoms with Gasteiger partial charge in [-0.25, -0.2) is 4.98 Å². The summed E-state index contributed by atoms with van der Waals surface area (Å²) in [5.41, 5.74) is 4.05. The van der Waals surface area contributed by atoms with Gasteiger partial charge in [0.05, 0.1) is 15.2 Å². The molecule has 1 aromatic heterocycles. The van der Waals surface area contributed by atoms with Crippen LogP contribution in [0.25, 0.3) is 16.3 Å². The van der Waals surface area contributed by atoms with Crippen molar-refractivity contribution >= 4 is 39.4 Å². The van der Waals surface area contributed by atoms with Crippen LogP contribution in [0.2, 0.25) is 0 Å². The van der Waals surface area contributed by atoms with Crippen molar-refractivity contribution in [3.63, 3.8) is 0 Å². The smallest absolute Gasteiger partial charge is 0.117 e. The van der Waals surface area contributed by atoms with Crippen LogP contribution >= 0.6 is 23.1 Å². The minimum atomic E-state index is 0.234. The summed E-state index contributed by atoms with van der Waals surface area (Å²) in [6, 6.07) is 18.9. The standard InChI is InChI=1S/C26H28N2S2/c1-4-27-24(29-21-10-6-5-7-11-21)15-19-14-20(18-26(2,3)17-19)16-25-28-22-12-8-9-13-23(22)30-25/h5-16,27H,4,17-18H2,1-3H3/b20-16-,24-15-. The van der Waals surface area contributed by atoms with Crippen molar-refractivity contribution in [3.8, 4) is 0 Å². The van der Waals surface area contributed by atoms with Gasteiger partial charge in [-0.05, 0) is 72.7 Å². The number of aromatic nitrogens is 1. The Morgan fingerprint density at radius 1 is 1.10 bits per heavy atom. The van der Waals surface area contributed by atoms with Gasteiger partial charge in [-0.1, -0.05) is 62.0 Å². The van der Waals surface area contributed by atoms with Gasteiger partial charge in [0.25, 0.3) is 0 Å². The largest absolute Gasteiger partial charge is 0.380 e. The van der Waals surface area contributed by atoms with Gasteiger partial charge < -0.3 is 5.32 Å². The fourth-order valence-corrected chi connectivity index (χ4v) is 5.80. The van der Waals surface area contributed by atoms with Crippen molar-refractivity contribution in [2.45, 2.75) is 38.5 Å². The van der Waals surface area contributed by atoms with Gasteiger partial charge in [0.2, 0.25) is 0 Å². The average Bonchev–Trinajstić information content (AvgIpc) is 3.10. The third kappa shape index (κ3) is 5.44. The van der Waals surface area contributed by atoms with Gasteiger partial charge in [0, 0.05) is 11.4 Å². The predicted molar refractivity (Wildman–Crippen MR) is 133 cm³/mol. The number of benzene rings is 2. The minimum Gasteiger partial charge on any atom is -0.380 e. The van der Waals surface area contributed by atoms with E-state index in [1.54, 1.807) is 23.1 Å². The molecule has 0 fully saturated rings. The zero-order valence-corrected chi connectivity index (χ0v) is 19.4. The number of nitrogens with zero attached hydrogens (tertiary/aromatic N) is 1. The lowest BCUT2D eigenvalue weighted by molar-refractivity contribution is 0.356. The highest BCUT2D eigenvalue weighted by molar-refractivity contribution is 8.03. The summed E-state index contributed by atoms with van der Waals surface area (Å²) >= 11 is 3.56. The van der Waals surface area contributed by atoms with Crippen LogP contribution < -0.4 is 5.32 Å². The summed E-state index contributed by atoms with van der Waals surface area (Å²) in [5, 5.41) is 5.83. The first-order valence-electron chi connectivity index (χ1n) is 10.5. The second kappa shape index (κ2) is 9.23. The number of rotatable bonds is 6. The first kappa shape index (κ1) is 21.0. The van der Waals surface area contributed by atoms with E-state index in [0.29, 0.717) is 0 Å². The van der Waals surface area contributed by atoms with Gasteiger partial charge in [0.15, 0.2) is 0 Å². The zero-order chi connectivity index (χ0) is 21.0. The SMILES string of the molecule is CCN/C(=C/C1=CC(=C/c2nc3ccccc3s2)/CC(C)(C)C1)Sc1ccccc1. The molecule has 1 aliphatic rings. The Balaban J connectivity index is 1.64. The van der Waals surface area contributed by atoms with Crippen molar-refractivity contribution in [2.75, 3.05) is 6.54 Å². The Morgan fingerprint density at radius 2 is 1.87 bits per heavy atom. The monoisotopic (exact) mass is 432 g/mol. The minimum absolute atomic E-state index is 0.234. The Labute approximate surface area is 187 Å². The van der Waals surface area contributed by atoms with Crippen molar-refractivity contribution in [1.82, 2.24) is 10.3 Å². The van der Waals surface area contributed by atoms with Gasteiger partial charge in [-0.2, -0.15) is 0 Å². The number of thioether (sulfide) groups is 1. The molecular weight excluding hydrogens is 404 g/mol. The lowest BCUT2D eigenvalue weighted by Gasteiger charge is -2.30. The number of allylic oxidation sites excluding steroid dienone is 4. The van der Waals surface area contributed by atoms with Crippen LogP contribution in [0.1, 0.15) is 38.6 Å². The van der Waals surface area contributed by atoms with E-state index in [0.717, 1.165) is 29.9 Å². The van der Waals surface area contributed by atoms with Crippen LogP contribution in [0.5, 0.6) is 0 Å². The number of hydrogen-bond donors (Lipinski definition) is 1. The fourth-order valence-electron chi connectivity index (χ4n) is 3.88. The molecule has 0 aliphatic heterocycles. The number of hydrogen-bond acceptors (Lipinski definition) is 4. The van der Waals surface area contributed by atoms with Crippen LogP contribution in [-0.4, -0.2) is 11.5 Å². The molecule has 0 spiro atoms. The number of thiazole rings is 1. The molecule has 1 heterocycles. The molecule has 2 nitrogen and oxygen atoms in total. The third-order valence-corrected chi connectivity index (χ3v) is 6.97. The van der Waals surface area contributed by atoms with Crippen molar-refractivity contribution in [3.05, 3.63) is 87.9 Å². The van der Waals surface area contributed by atoms with Crippen LogP contribution in [0.4, 0.5) is 0 Å². The lowest BCUT2D eigenvalue weighted by Crippen LogP contribution is -2.18. The van der Waals surface area contributed by atoms with Crippen molar-refractivity contribution in [2.24, 2.45) is 5.41 Å². The summed E-state index contributed by atoms with van der Waals surface area (Å²) in [4.78, 5) is 6.06. The van der Waals surface area contributed by atoms with E-state index in [1.807, 2.05) is 0 Å². The maximum atomic E-state index is 4.81. The molecule has 0 saturated carbocycles. The number of nitrogens with one attached hydrogen (secondary N) is 1. The van der Waals surface area contributed by atoms with E-state index in [-0.39, 0.29) is 5.41 Å².